The number of hydrazone groups is 1. The number of nitrogens with zero attached hydrogens (tertiary/aromatic N) is 2. The summed E-state index contributed by atoms with van der Waals surface area (Å²) in [6, 6.07) is 24.1. The number of hydrogen-bond donors (Lipinski definition) is 2. The predicted octanol–water partition coefficient (Wildman–Crippen LogP) is 5.95. The molecular weight excluding hydrogens is 548 g/mol. The highest BCUT2D eigenvalue weighted by atomic mass is 35.5. The zero-order valence-corrected chi connectivity index (χ0v) is 22.0. The van der Waals surface area contributed by atoms with Crippen LogP contribution in [0.3, 0.4) is 0 Å². The number of para-hydroxylation sites is 1. The number of rotatable bonds is 7. The maximum absolute atomic E-state index is 13.8. The average Bonchev–Trinajstić information content (AvgIpc) is 3.42. The maximum Gasteiger partial charge on any atom is 0.344 e. The van der Waals surface area contributed by atoms with E-state index in [0.717, 1.165) is 0 Å². The Balaban J connectivity index is 1.56. The second-order valence-electron chi connectivity index (χ2n) is 9.05. The molecule has 2 N–H and O–H groups in total. The van der Waals surface area contributed by atoms with Gasteiger partial charge in [-0.3, -0.25) is 4.79 Å². The monoisotopic (exact) mass is 568 g/mol. The molecule has 204 valence electrons. The maximum atomic E-state index is 13.8. The molecular formula is C31H21ClN2O7. The van der Waals surface area contributed by atoms with Crippen molar-refractivity contribution < 1.29 is 34.1 Å². The molecule has 0 aliphatic carbocycles. The minimum atomic E-state index is -1.28. The minimum absolute atomic E-state index is 0.0593. The number of carboxylic acids is 2. The highest BCUT2D eigenvalue weighted by Crippen LogP contribution is 2.39. The highest BCUT2D eigenvalue weighted by Gasteiger charge is 2.37. The molecule has 41 heavy (non-hydrogen) atoms. The minimum Gasteiger partial charge on any atom is -0.478 e. The molecule has 0 fully saturated rings. The largest absolute Gasteiger partial charge is 0.478 e. The molecule has 9 nitrogen and oxygen atoms in total. The number of hydrogen-bond acceptors (Lipinski definition) is 6. The lowest BCUT2D eigenvalue weighted by atomic mass is 9.97. The first-order valence-corrected chi connectivity index (χ1v) is 12.7. The Morgan fingerprint density at radius 2 is 1.27 bits per heavy atom. The summed E-state index contributed by atoms with van der Waals surface area (Å²) in [6.45, 7) is 0. The van der Waals surface area contributed by atoms with Crippen molar-refractivity contribution in [3.63, 3.8) is 0 Å². The van der Waals surface area contributed by atoms with Gasteiger partial charge in [-0.15, -0.1) is 0 Å². The summed E-state index contributed by atoms with van der Waals surface area (Å²) in [4.78, 5) is 50.5. The Bertz CT molecular complexity index is 1720. The van der Waals surface area contributed by atoms with Gasteiger partial charge in [-0.2, -0.15) is 5.10 Å². The van der Waals surface area contributed by atoms with Crippen LogP contribution in [-0.2, 0) is 0 Å². The average molecular weight is 569 g/mol. The summed E-state index contributed by atoms with van der Waals surface area (Å²) in [5.74, 6) is -4.00. The smallest absolute Gasteiger partial charge is 0.344 e. The van der Waals surface area contributed by atoms with Gasteiger partial charge in [0.1, 0.15) is 5.75 Å². The molecule has 1 aliphatic heterocycles. The molecule has 1 aliphatic rings. The second kappa shape index (κ2) is 11.4. The number of aromatic carboxylic acids is 2. The molecule has 4 aromatic rings. The standard InChI is InChI=1S/C31H21ClN2O7/c32-19-15-13-18(14-16-19)25-17-26(34(33-25)28(35)20-7-1-2-8-21(20)29(36)37)24-11-5-6-12-27(24)41-31(40)23-10-4-3-9-22(23)30(38)39/h1-16,26H,17H2,(H,36,37)(H,38,39)/t26-/m1/s1. The van der Waals surface area contributed by atoms with E-state index >= 15 is 0 Å². The molecule has 0 bridgehead atoms. The molecule has 0 saturated carbocycles. The van der Waals surface area contributed by atoms with Crippen molar-refractivity contribution >= 4 is 41.1 Å². The van der Waals surface area contributed by atoms with Crippen LogP contribution in [0.15, 0.2) is 102 Å². The number of esters is 1. The van der Waals surface area contributed by atoms with Crippen LogP contribution in [0, 0.1) is 0 Å². The van der Waals surface area contributed by atoms with Gasteiger partial charge in [0, 0.05) is 17.0 Å². The first-order chi connectivity index (χ1) is 19.7. The lowest BCUT2D eigenvalue weighted by molar-refractivity contribution is 0.0651. The summed E-state index contributed by atoms with van der Waals surface area (Å²) in [5, 5.41) is 25.5. The van der Waals surface area contributed by atoms with Crippen molar-refractivity contribution in [1.29, 1.82) is 0 Å². The summed E-state index contributed by atoms with van der Waals surface area (Å²) in [6.07, 6.45) is 0.211. The van der Waals surface area contributed by atoms with E-state index < -0.39 is 29.9 Å². The van der Waals surface area contributed by atoms with Gasteiger partial charge < -0.3 is 14.9 Å². The fourth-order valence-corrected chi connectivity index (χ4v) is 4.71. The number of benzene rings is 4. The van der Waals surface area contributed by atoms with E-state index in [9.17, 15) is 29.4 Å². The molecule has 1 heterocycles. The van der Waals surface area contributed by atoms with E-state index in [4.69, 9.17) is 16.3 Å². The van der Waals surface area contributed by atoms with Crippen LogP contribution in [0.5, 0.6) is 5.75 Å². The highest BCUT2D eigenvalue weighted by molar-refractivity contribution is 6.30. The van der Waals surface area contributed by atoms with E-state index in [-0.39, 0.29) is 34.4 Å². The predicted molar refractivity (Wildman–Crippen MR) is 150 cm³/mol. The number of carboxylic acid groups (broad SMARTS) is 2. The van der Waals surface area contributed by atoms with Gasteiger partial charge in [-0.25, -0.2) is 19.4 Å². The molecule has 0 unspecified atom stereocenters. The van der Waals surface area contributed by atoms with E-state index in [1.165, 1.54) is 53.5 Å². The third kappa shape index (κ3) is 5.57. The Morgan fingerprint density at radius 1 is 0.732 bits per heavy atom. The van der Waals surface area contributed by atoms with Crippen LogP contribution >= 0.6 is 11.6 Å². The molecule has 10 heteroatoms. The number of carbonyl (C=O) groups excluding carboxylic acids is 2. The van der Waals surface area contributed by atoms with Crippen molar-refractivity contribution in [2.24, 2.45) is 5.10 Å². The van der Waals surface area contributed by atoms with Gasteiger partial charge >= 0.3 is 17.9 Å². The van der Waals surface area contributed by atoms with Gasteiger partial charge in [-0.05, 0) is 48.0 Å². The summed E-state index contributed by atoms with van der Waals surface area (Å²) < 4.78 is 5.68. The zero-order valence-electron chi connectivity index (χ0n) is 21.2. The molecule has 0 radical (unpaired) electrons. The number of ether oxygens (including phenoxy) is 1. The van der Waals surface area contributed by atoms with Gasteiger partial charge in [0.05, 0.1) is 34.0 Å². The van der Waals surface area contributed by atoms with E-state index in [1.54, 1.807) is 48.5 Å². The molecule has 1 atom stereocenters. The SMILES string of the molecule is O=C(O)c1ccccc1C(=O)Oc1ccccc1[C@H]1CC(c2ccc(Cl)cc2)=NN1C(=O)c1ccccc1C(=O)O. The third-order valence-corrected chi connectivity index (χ3v) is 6.79. The summed E-state index contributed by atoms with van der Waals surface area (Å²) in [5.41, 5.74) is 1.06. The summed E-state index contributed by atoms with van der Waals surface area (Å²) in [7, 11) is 0. The molecule has 5 rings (SSSR count). The fourth-order valence-electron chi connectivity index (χ4n) is 4.59. The first-order valence-electron chi connectivity index (χ1n) is 12.4. The molecule has 4 aromatic carbocycles. The Hall–Kier alpha value is -5.28. The van der Waals surface area contributed by atoms with Crippen molar-refractivity contribution in [3.05, 3.63) is 135 Å². The van der Waals surface area contributed by atoms with Crippen LogP contribution in [-0.4, -0.2) is 44.7 Å². The van der Waals surface area contributed by atoms with Crippen molar-refractivity contribution in [2.45, 2.75) is 12.5 Å². The van der Waals surface area contributed by atoms with E-state index in [0.29, 0.717) is 21.9 Å². The van der Waals surface area contributed by atoms with Crippen LogP contribution < -0.4 is 4.74 Å². The first kappa shape index (κ1) is 27.3. The van der Waals surface area contributed by atoms with Gasteiger partial charge in [0.25, 0.3) is 5.91 Å². The molecule has 0 saturated heterocycles. The Kier molecular flexibility index (Phi) is 7.62. The topological polar surface area (TPSA) is 134 Å². The van der Waals surface area contributed by atoms with Crippen molar-refractivity contribution in [2.75, 3.05) is 0 Å². The Labute approximate surface area is 238 Å². The van der Waals surface area contributed by atoms with E-state index in [2.05, 4.69) is 5.10 Å². The third-order valence-electron chi connectivity index (χ3n) is 6.54. The van der Waals surface area contributed by atoms with Crippen LogP contribution in [0.25, 0.3) is 0 Å². The lowest BCUT2D eigenvalue weighted by Crippen LogP contribution is -2.29. The van der Waals surface area contributed by atoms with Crippen LogP contribution in [0.2, 0.25) is 5.02 Å². The van der Waals surface area contributed by atoms with Crippen LogP contribution in [0.4, 0.5) is 0 Å². The number of amides is 1. The summed E-state index contributed by atoms with van der Waals surface area (Å²) >= 11 is 6.05. The number of carbonyl (C=O) groups is 4. The number of halogens is 1. The lowest BCUT2D eigenvalue weighted by Gasteiger charge is -2.24. The fraction of sp³-hybridized carbons (Fsp3) is 0.0645. The van der Waals surface area contributed by atoms with Gasteiger partial charge in [0.2, 0.25) is 0 Å². The zero-order chi connectivity index (χ0) is 29.1. The van der Waals surface area contributed by atoms with Crippen molar-refractivity contribution in [1.82, 2.24) is 5.01 Å². The van der Waals surface area contributed by atoms with Gasteiger partial charge in [0.15, 0.2) is 0 Å². The molecule has 0 aromatic heterocycles. The normalized spacial score (nSPS) is 14.3. The van der Waals surface area contributed by atoms with Gasteiger partial charge in [-0.1, -0.05) is 66.2 Å². The Morgan fingerprint density at radius 3 is 1.90 bits per heavy atom. The van der Waals surface area contributed by atoms with Crippen LogP contribution in [0.1, 0.15) is 65.0 Å². The van der Waals surface area contributed by atoms with Crippen molar-refractivity contribution in [3.8, 4) is 5.75 Å². The molecule has 0 spiro atoms. The molecule has 1 amide bonds. The quantitative estimate of drug-likeness (QED) is 0.208. The van der Waals surface area contributed by atoms with E-state index in [1.807, 2.05) is 0 Å². The second-order valence-corrected chi connectivity index (χ2v) is 9.49.